The van der Waals surface area contributed by atoms with Crippen LogP contribution in [0.25, 0.3) is 0 Å². The van der Waals surface area contributed by atoms with E-state index in [1.165, 1.54) is 42.4 Å². The van der Waals surface area contributed by atoms with Gasteiger partial charge in [0.25, 0.3) is 0 Å². The summed E-state index contributed by atoms with van der Waals surface area (Å²) in [4.78, 5) is 11.3. The van der Waals surface area contributed by atoms with Crippen LogP contribution < -0.4 is 0 Å². The zero-order chi connectivity index (χ0) is 17.4. The fourth-order valence-corrected chi connectivity index (χ4v) is 3.62. The van der Waals surface area contributed by atoms with E-state index in [2.05, 4.69) is 40.7 Å². The molecule has 1 heteroatoms. The molecule has 0 amide bonds. The normalized spacial score (nSPS) is 16.0. The van der Waals surface area contributed by atoms with Gasteiger partial charge in [0, 0.05) is 6.42 Å². The number of carbonyl (C=O) groups is 1. The largest absolute Gasteiger partial charge is 0.300 e. The highest BCUT2D eigenvalue weighted by Crippen LogP contribution is 2.31. The van der Waals surface area contributed by atoms with E-state index in [0.29, 0.717) is 18.1 Å². The minimum absolute atomic E-state index is 0.299. The standard InChI is InChI=1S/C22H36O/c1-16(2)21(15-13-19(6)23)18(5)12-14-22(17(3)4)20-10-8-7-9-11-20/h10,16H,7-9,11-15H2,1-6H3. The Kier molecular flexibility index (Phi) is 8.58. The zero-order valence-electron chi connectivity index (χ0n) is 16.2. The van der Waals surface area contributed by atoms with E-state index in [-0.39, 0.29) is 0 Å². The molecule has 130 valence electrons. The predicted molar refractivity (Wildman–Crippen MR) is 102 cm³/mol. The van der Waals surface area contributed by atoms with Crippen LogP contribution in [0.2, 0.25) is 0 Å². The molecule has 0 radical (unpaired) electrons. The highest BCUT2D eigenvalue weighted by atomic mass is 16.1. The van der Waals surface area contributed by atoms with Gasteiger partial charge in [-0.3, -0.25) is 0 Å². The van der Waals surface area contributed by atoms with Crippen LogP contribution in [0.4, 0.5) is 0 Å². The van der Waals surface area contributed by atoms with Crippen LogP contribution in [0.1, 0.15) is 92.9 Å². The molecule has 0 N–H and O–H groups in total. The molecule has 1 aliphatic carbocycles. The van der Waals surface area contributed by atoms with Crippen LogP contribution in [-0.2, 0) is 4.79 Å². The SMILES string of the molecule is CC(=O)CCC(=C(C)CCC(C1=CCCCC1)=C(C)C)C(C)C. The minimum atomic E-state index is 0.299. The molecule has 0 saturated carbocycles. The van der Waals surface area contributed by atoms with Gasteiger partial charge in [-0.1, -0.05) is 36.6 Å². The second-order valence-corrected chi connectivity index (χ2v) is 7.62. The van der Waals surface area contributed by atoms with E-state index < -0.39 is 0 Å². The predicted octanol–water partition coefficient (Wildman–Crippen LogP) is 6.95. The van der Waals surface area contributed by atoms with E-state index in [4.69, 9.17) is 0 Å². The number of carbonyl (C=O) groups excluding carboxylic acids is 1. The van der Waals surface area contributed by atoms with Crippen molar-refractivity contribution in [3.63, 3.8) is 0 Å². The summed E-state index contributed by atoms with van der Waals surface area (Å²) in [5.74, 6) is 0.840. The number of ketones is 1. The molecule has 0 saturated heterocycles. The Hall–Kier alpha value is -1.11. The van der Waals surface area contributed by atoms with Crippen molar-refractivity contribution in [1.29, 1.82) is 0 Å². The Morgan fingerprint density at radius 2 is 1.70 bits per heavy atom. The molecule has 1 aliphatic rings. The van der Waals surface area contributed by atoms with Crippen molar-refractivity contribution in [2.45, 2.75) is 92.9 Å². The van der Waals surface area contributed by atoms with Gasteiger partial charge in [0.05, 0.1) is 0 Å². The molecule has 0 fully saturated rings. The molecule has 1 rings (SSSR count). The Balaban J connectivity index is 2.81. The molecule has 23 heavy (non-hydrogen) atoms. The van der Waals surface area contributed by atoms with Gasteiger partial charge in [0.1, 0.15) is 5.78 Å². The summed E-state index contributed by atoms with van der Waals surface area (Å²) < 4.78 is 0. The fourth-order valence-electron chi connectivity index (χ4n) is 3.62. The summed E-state index contributed by atoms with van der Waals surface area (Å²) >= 11 is 0. The quantitative estimate of drug-likeness (QED) is 0.443. The summed E-state index contributed by atoms with van der Waals surface area (Å²) in [6.07, 6.45) is 11.6. The van der Waals surface area contributed by atoms with Gasteiger partial charge in [0.2, 0.25) is 0 Å². The monoisotopic (exact) mass is 316 g/mol. The highest BCUT2D eigenvalue weighted by Gasteiger charge is 2.13. The van der Waals surface area contributed by atoms with Gasteiger partial charge < -0.3 is 4.79 Å². The maximum absolute atomic E-state index is 11.3. The van der Waals surface area contributed by atoms with Gasteiger partial charge in [-0.25, -0.2) is 0 Å². The molecule has 0 aromatic heterocycles. The molecule has 0 unspecified atom stereocenters. The summed E-state index contributed by atoms with van der Waals surface area (Å²) in [6.45, 7) is 13.0. The Morgan fingerprint density at radius 1 is 1.00 bits per heavy atom. The molecular weight excluding hydrogens is 280 g/mol. The molecule has 0 heterocycles. The maximum Gasteiger partial charge on any atom is 0.130 e. The second-order valence-electron chi connectivity index (χ2n) is 7.62. The van der Waals surface area contributed by atoms with E-state index in [1.807, 2.05) is 0 Å². The molecule has 1 nitrogen and oxygen atoms in total. The number of rotatable bonds is 8. The van der Waals surface area contributed by atoms with E-state index in [0.717, 1.165) is 19.3 Å². The first-order valence-electron chi connectivity index (χ1n) is 9.36. The molecule has 0 spiro atoms. The van der Waals surface area contributed by atoms with Crippen molar-refractivity contribution >= 4 is 5.78 Å². The van der Waals surface area contributed by atoms with E-state index in [1.54, 1.807) is 18.1 Å². The lowest BCUT2D eigenvalue weighted by Gasteiger charge is -2.20. The Bertz CT molecular complexity index is 496. The number of hydrogen-bond acceptors (Lipinski definition) is 1. The maximum atomic E-state index is 11.3. The van der Waals surface area contributed by atoms with Crippen molar-refractivity contribution < 1.29 is 4.79 Å². The average molecular weight is 317 g/mol. The summed E-state index contributed by atoms with van der Waals surface area (Å²) in [7, 11) is 0. The third-order valence-corrected chi connectivity index (χ3v) is 5.02. The summed E-state index contributed by atoms with van der Waals surface area (Å²) in [6, 6.07) is 0. The van der Waals surface area contributed by atoms with Crippen molar-refractivity contribution in [2.75, 3.05) is 0 Å². The van der Waals surface area contributed by atoms with Gasteiger partial charge in [-0.05, 0) is 89.7 Å². The van der Waals surface area contributed by atoms with Crippen molar-refractivity contribution in [3.05, 3.63) is 33.9 Å². The topological polar surface area (TPSA) is 17.1 Å². The number of Topliss-reactive ketones (excluding diaryl/α,β-unsaturated/α-hetero) is 1. The molecule has 0 bridgehead atoms. The first-order valence-corrected chi connectivity index (χ1v) is 9.36. The van der Waals surface area contributed by atoms with Crippen LogP contribution in [0.5, 0.6) is 0 Å². The Labute approximate surface area is 143 Å². The third-order valence-electron chi connectivity index (χ3n) is 5.02. The second kappa shape index (κ2) is 9.90. The van der Waals surface area contributed by atoms with Gasteiger partial charge in [0.15, 0.2) is 0 Å². The van der Waals surface area contributed by atoms with Gasteiger partial charge in [-0.15, -0.1) is 0 Å². The van der Waals surface area contributed by atoms with Crippen LogP contribution in [0, 0.1) is 5.92 Å². The molecule has 0 aliphatic heterocycles. The third kappa shape index (κ3) is 6.89. The van der Waals surface area contributed by atoms with Crippen LogP contribution in [0.15, 0.2) is 33.9 Å². The molecule has 0 aromatic carbocycles. The van der Waals surface area contributed by atoms with Crippen molar-refractivity contribution in [2.24, 2.45) is 5.92 Å². The fraction of sp³-hybridized carbons (Fsp3) is 0.682. The summed E-state index contributed by atoms with van der Waals surface area (Å²) in [5.41, 5.74) is 7.64. The van der Waals surface area contributed by atoms with Crippen LogP contribution in [0.3, 0.4) is 0 Å². The lowest BCUT2D eigenvalue weighted by Crippen LogP contribution is -2.03. The van der Waals surface area contributed by atoms with Crippen LogP contribution >= 0.6 is 0 Å². The van der Waals surface area contributed by atoms with Crippen LogP contribution in [-0.4, -0.2) is 5.78 Å². The first kappa shape index (κ1) is 19.9. The molecule has 0 aromatic rings. The number of hydrogen-bond donors (Lipinski definition) is 0. The van der Waals surface area contributed by atoms with Crippen molar-refractivity contribution in [3.8, 4) is 0 Å². The summed E-state index contributed by atoms with van der Waals surface area (Å²) in [5, 5.41) is 0. The van der Waals surface area contributed by atoms with Gasteiger partial charge in [-0.2, -0.15) is 0 Å². The molecular formula is C22H36O. The van der Waals surface area contributed by atoms with Gasteiger partial charge >= 0.3 is 0 Å². The lowest BCUT2D eigenvalue weighted by atomic mass is 9.86. The zero-order valence-corrected chi connectivity index (χ0v) is 16.2. The first-order chi connectivity index (χ1) is 10.8. The van der Waals surface area contributed by atoms with Crippen molar-refractivity contribution in [1.82, 2.24) is 0 Å². The number of allylic oxidation sites excluding steroid dienone is 6. The Morgan fingerprint density at radius 3 is 2.17 bits per heavy atom. The molecule has 0 atom stereocenters. The average Bonchev–Trinajstić information content (AvgIpc) is 2.47. The smallest absolute Gasteiger partial charge is 0.130 e. The van der Waals surface area contributed by atoms with E-state index in [9.17, 15) is 4.79 Å². The minimum Gasteiger partial charge on any atom is -0.300 e. The lowest BCUT2D eigenvalue weighted by molar-refractivity contribution is -0.117. The van der Waals surface area contributed by atoms with E-state index >= 15 is 0 Å². The highest BCUT2D eigenvalue weighted by molar-refractivity contribution is 5.75.